The standard InChI is InChI=1S/C28H39N3O5S/c1-19-5-10-25(11-6-19)37(34,35)29-24-9-12-26-23(13-24)14-28(33)31(21(3)18-32)15-20(2)27(36-26)17-30(4)16-22-7-8-22/h5-6,9-13,20-22,27,29,32H,7-8,14-18H2,1-4H3/t20-,21-,27-/m1/s1. The molecule has 0 saturated heterocycles. The molecule has 2 N–H and O–H groups in total. The van der Waals surface area contributed by atoms with Gasteiger partial charge >= 0.3 is 0 Å². The molecule has 0 radical (unpaired) electrons. The number of aliphatic hydroxyl groups excluding tert-OH is 1. The van der Waals surface area contributed by atoms with Gasteiger partial charge < -0.3 is 19.6 Å². The van der Waals surface area contributed by atoms with Crippen LogP contribution in [0.3, 0.4) is 0 Å². The van der Waals surface area contributed by atoms with Gasteiger partial charge in [-0.3, -0.25) is 9.52 Å². The van der Waals surface area contributed by atoms with Crippen molar-refractivity contribution in [3.63, 3.8) is 0 Å². The van der Waals surface area contributed by atoms with E-state index in [0.29, 0.717) is 30.1 Å². The molecule has 202 valence electrons. The molecule has 2 aromatic rings. The van der Waals surface area contributed by atoms with E-state index < -0.39 is 10.0 Å². The summed E-state index contributed by atoms with van der Waals surface area (Å²) in [6, 6.07) is 11.4. The predicted octanol–water partition coefficient (Wildman–Crippen LogP) is 3.29. The summed E-state index contributed by atoms with van der Waals surface area (Å²) in [5.74, 6) is 1.25. The summed E-state index contributed by atoms with van der Waals surface area (Å²) in [5, 5.41) is 9.82. The number of carbonyl (C=O) groups excluding carboxylic acids is 1. The fourth-order valence-corrected chi connectivity index (χ4v) is 5.81. The van der Waals surface area contributed by atoms with Gasteiger partial charge in [-0.15, -0.1) is 0 Å². The first-order chi connectivity index (χ1) is 17.6. The lowest BCUT2D eigenvalue weighted by Gasteiger charge is -2.34. The van der Waals surface area contributed by atoms with E-state index in [4.69, 9.17) is 4.74 Å². The number of likely N-dealkylation sites (N-methyl/N-ethyl adjacent to an activating group) is 1. The van der Waals surface area contributed by atoms with Crippen LogP contribution in [-0.4, -0.2) is 74.7 Å². The van der Waals surface area contributed by atoms with Crippen LogP contribution in [0.4, 0.5) is 5.69 Å². The summed E-state index contributed by atoms with van der Waals surface area (Å²) in [7, 11) is -1.69. The molecule has 9 heteroatoms. The first kappa shape index (κ1) is 27.4. The highest BCUT2D eigenvalue weighted by molar-refractivity contribution is 7.92. The number of ether oxygens (including phenoxy) is 1. The third kappa shape index (κ3) is 7.03. The maximum atomic E-state index is 13.4. The Labute approximate surface area is 220 Å². The Hall–Kier alpha value is -2.62. The van der Waals surface area contributed by atoms with Crippen molar-refractivity contribution in [2.45, 2.75) is 57.1 Å². The van der Waals surface area contributed by atoms with Gasteiger partial charge in [-0.25, -0.2) is 8.42 Å². The number of nitrogens with zero attached hydrogens (tertiary/aromatic N) is 2. The van der Waals surface area contributed by atoms with Gasteiger partial charge in [0.25, 0.3) is 10.0 Å². The summed E-state index contributed by atoms with van der Waals surface area (Å²) >= 11 is 0. The summed E-state index contributed by atoms with van der Waals surface area (Å²) in [5.41, 5.74) is 1.96. The zero-order valence-corrected chi connectivity index (χ0v) is 23.0. The van der Waals surface area contributed by atoms with E-state index in [1.54, 1.807) is 47.4 Å². The number of hydrogen-bond donors (Lipinski definition) is 2. The largest absolute Gasteiger partial charge is 0.488 e. The number of benzene rings is 2. The maximum Gasteiger partial charge on any atom is 0.261 e. The van der Waals surface area contributed by atoms with Crippen LogP contribution >= 0.6 is 0 Å². The highest BCUT2D eigenvalue weighted by Crippen LogP contribution is 2.32. The molecule has 0 unspecified atom stereocenters. The van der Waals surface area contributed by atoms with Crippen LogP contribution in [0.2, 0.25) is 0 Å². The van der Waals surface area contributed by atoms with Crippen molar-refractivity contribution in [2.75, 3.05) is 38.0 Å². The molecular weight excluding hydrogens is 490 g/mol. The van der Waals surface area contributed by atoms with Gasteiger partial charge in [0.2, 0.25) is 5.91 Å². The quantitative estimate of drug-likeness (QED) is 0.517. The zero-order valence-electron chi connectivity index (χ0n) is 22.2. The maximum absolute atomic E-state index is 13.4. The van der Waals surface area contributed by atoms with E-state index in [1.807, 2.05) is 13.8 Å². The lowest BCUT2D eigenvalue weighted by atomic mass is 10.0. The van der Waals surface area contributed by atoms with Gasteiger partial charge in [0.05, 0.1) is 24.0 Å². The normalized spacial score (nSPS) is 21.5. The van der Waals surface area contributed by atoms with E-state index in [1.165, 1.54) is 12.8 Å². The monoisotopic (exact) mass is 529 g/mol. The van der Waals surface area contributed by atoms with Gasteiger partial charge in [-0.05, 0) is 70.0 Å². The summed E-state index contributed by atoms with van der Waals surface area (Å²) in [4.78, 5) is 17.6. The summed E-state index contributed by atoms with van der Waals surface area (Å²) in [6.45, 7) is 7.90. The number of anilines is 1. The number of nitrogens with one attached hydrogen (secondary N) is 1. The molecule has 0 aromatic heterocycles. The van der Waals surface area contributed by atoms with Crippen molar-refractivity contribution in [1.82, 2.24) is 9.80 Å². The van der Waals surface area contributed by atoms with Gasteiger partial charge in [0.1, 0.15) is 11.9 Å². The molecule has 2 aromatic carbocycles. The Kier molecular flexibility index (Phi) is 8.46. The second kappa shape index (κ2) is 11.4. The number of aliphatic hydroxyl groups is 1. The molecule has 1 aliphatic carbocycles. The Morgan fingerprint density at radius 3 is 2.51 bits per heavy atom. The molecule has 1 aliphatic heterocycles. The minimum Gasteiger partial charge on any atom is -0.488 e. The van der Waals surface area contributed by atoms with Crippen molar-refractivity contribution in [3.05, 3.63) is 53.6 Å². The van der Waals surface area contributed by atoms with Crippen molar-refractivity contribution in [2.24, 2.45) is 11.8 Å². The van der Waals surface area contributed by atoms with Crippen LogP contribution in [0.1, 0.15) is 37.8 Å². The van der Waals surface area contributed by atoms with Crippen molar-refractivity contribution >= 4 is 21.6 Å². The topological polar surface area (TPSA) is 99.2 Å². The van der Waals surface area contributed by atoms with Crippen molar-refractivity contribution in [3.8, 4) is 5.75 Å². The number of aryl methyl sites for hydroxylation is 1. The Balaban J connectivity index is 1.63. The molecule has 0 spiro atoms. The van der Waals surface area contributed by atoms with Crippen molar-refractivity contribution in [1.29, 1.82) is 0 Å². The molecular formula is C28H39N3O5S. The molecule has 4 rings (SSSR count). The Bertz CT molecular complexity index is 1200. The fourth-order valence-electron chi connectivity index (χ4n) is 4.77. The number of fused-ring (bicyclic) bond motifs is 1. The summed E-state index contributed by atoms with van der Waals surface area (Å²) < 4.78 is 35.1. The van der Waals surface area contributed by atoms with Gasteiger partial charge in [-0.1, -0.05) is 24.6 Å². The number of carbonyl (C=O) groups is 1. The predicted molar refractivity (Wildman–Crippen MR) is 144 cm³/mol. The van der Waals surface area contributed by atoms with Crippen LogP contribution < -0.4 is 9.46 Å². The molecule has 1 amide bonds. The highest BCUT2D eigenvalue weighted by Gasteiger charge is 2.32. The van der Waals surface area contributed by atoms with E-state index in [0.717, 1.165) is 18.0 Å². The molecule has 0 bridgehead atoms. The van der Waals surface area contributed by atoms with Gasteiger partial charge in [-0.2, -0.15) is 0 Å². The van der Waals surface area contributed by atoms with Crippen LogP contribution in [0.25, 0.3) is 0 Å². The first-order valence-electron chi connectivity index (χ1n) is 13.0. The SMILES string of the molecule is Cc1ccc(S(=O)(=O)Nc2ccc3c(c2)CC(=O)N([C@H](C)CO)C[C@@H](C)[C@@H](CN(C)CC2CC2)O3)cc1. The van der Waals surface area contributed by atoms with Crippen LogP contribution in [0.5, 0.6) is 5.75 Å². The lowest BCUT2D eigenvalue weighted by Crippen LogP contribution is -2.47. The lowest BCUT2D eigenvalue weighted by molar-refractivity contribution is -0.134. The van der Waals surface area contributed by atoms with E-state index >= 15 is 0 Å². The van der Waals surface area contributed by atoms with Crippen LogP contribution in [0.15, 0.2) is 47.4 Å². The molecule has 8 nitrogen and oxygen atoms in total. The van der Waals surface area contributed by atoms with Crippen LogP contribution in [0, 0.1) is 18.8 Å². The molecule has 3 atom stereocenters. The van der Waals surface area contributed by atoms with Crippen LogP contribution in [-0.2, 0) is 21.2 Å². The average molecular weight is 530 g/mol. The first-order valence-corrected chi connectivity index (χ1v) is 14.5. The molecule has 37 heavy (non-hydrogen) atoms. The number of hydrogen-bond acceptors (Lipinski definition) is 6. The number of rotatable bonds is 9. The number of amides is 1. The fraction of sp³-hybridized carbons (Fsp3) is 0.536. The third-order valence-electron chi connectivity index (χ3n) is 7.26. The van der Waals surface area contributed by atoms with E-state index in [9.17, 15) is 18.3 Å². The number of sulfonamides is 1. The highest BCUT2D eigenvalue weighted by atomic mass is 32.2. The zero-order chi connectivity index (χ0) is 26.7. The van der Waals surface area contributed by atoms with Gasteiger partial charge in [0, 0.05) is 36.8 Å². The van der Waals surface area contributed by atoms with E-state index in [-0.39, 0.29) is 41.9 Å². The summed E-state index contributed by atoms with van der Waals surface area (Å²) in [6.07, 6.45) is 2.42. The van der Waals surface area contributed by atoms with Crippen molar-refractivity contribution < 1.29 is 23.1 Å². The minimum atomic E-state index is -3.79. The van der Waals surface area contributed by atoms with Gasteiger partial charge in [0.15, 0.2) is 0 Å². The van der Waals surface area contributed by atoms with E-state index in [2.05, 4.69) is 23.6 Å². The minimum absolute atomic E-state index is 0.0327. The molecule has 1 heterocycles. The Morgan fingerprint density at radius 2 is 1.86 bits per heavy atom. The second-order valence-corrected chi connectivity index (χ2v) is 12.5. The Morgan fingerprint density at radius 1 is 1.16 bits per heavy atom. The molecule has 1 saturated carbocycles. The molecule has 2 aliphatic rings. The second-order valence-electron chi connectivity index (χ2n) is 10.8. The smallest absolute Gasteiger partial charge is 0.261 e. The third-order valence-corrected chi connectivity index (χ3v) is 8.66. The molecule has 1 fully saturated rings. The average Bonchev–Trinajstić information content (AvgIpc) is 3.65.